The van der Waals surface area contributed by atoms with Gasteiger partial charge in [0.05, 0.1) is 35.9 Å². The SMILES string of the molecule is COc1ccc(C(=O)NCC(=N)CC(=O)c2ccc(Cl)s2)cc1OCCc1ccc(Cl)cc1Cl. The van der Waals surface area contributed by atoms with Crippen LogP contribution in [-0.2, 0) is 6.42 Å². The zero-order valence-electron chi connectivity index (χ0n) is 18.1. The molecular weight excluding hydrogens is 519 g/mol. The van der Waals surface area contributed by atoms with Crippen molar-refractivity contribution in [1.82, 2.24) is 5.32 Å². The average molecular weight is 540 g/mol. The lowest BCUT2D eigenvalue weighted by molar-refractivity contribution is 0.0954. The van der Waals surface area contributed by atoms with Crippen LogP contribution in [0.4, 0.5) is 0 Å². The zero-order valence-corrected chi connectivity index (χ0v) is 21.2. The van der Waals surface area contributed by atoms with Crippen LogP contribution >= 0.6 is 46.1 Å². The van der Waals surface area contributed by atoms with Crippen molar-refractivity contribution >= 4 is 63.5 Å². The predicted molar refractivity (Wildman–Crippen MR) is 137 cm³/mol. The van der Waals surface area contributed by atoms with Crippen molar-refractivity contribution in [2.75, 3.05) is 20.3 Å². The lowest BCUT2D eigenvalue weighted by Crippen LogP contribution is -2.30. The third-order valence-electron chi connectivity index (χ3n) is 4.75. The predicted octanol–water partition coefficient (Wildman–Crippen LogP) is 6.36. The van der Waals surface area contributed by atoms with Crippen molar-refractivity contribution in [2.24, 2.45) is 0 Å². The van der Waals surface area contributed by atoms with Gasteiger partial charge in [0.15, 0.2) is 17.3 Å². The number of carbonyl (C=O) groups is 2. The Morgan fingerprint density at radius 3 is 2.50 bits per heavy atom. The van der Waals surface area contributed by atoms with E-state index in [0.717, 1.165) is 16.9 Å². The molecule has 10 heteroatoms. The minimum absolute atomic E-state index is 0.0546. The van der Waals surface area contributed by atoms with Crippen molar-refractivity contribution in [2.45, 2.75) is 12.8 Å². The van der Waals surface area contributed by atoms with E-state index < -0.39 is 5.91 Å². The van der Waals surface area contributed by atoms with Gasteiger partial charge >= 0.3 is 0 Å². The molecule has 0 aliphatic rings. The van der Waals surface area contributed by atoms with Gasteiger partial charge in [0.25, 0.3) is 5.91 Å². The first kappa shape index (κ1) is 26.0. The molecule has 0 unspecified atom stereocenters. The molecule has 0 aliphatic carbocycles. The van der Waals surface area contributed by atoms with Gasteiger partial charge < -0.3 is 20.2 Å². The third-order valence-corrected chi connectivity index (χ3v) is 6.61. The number of benzene rings is 2. The maximum Gasteiger partial charge on any atom is 0.251 e. The van der Waals surface area contributed by atoms with E-state index in [4.69, 9.17) is 49.7 Å². The Labute approximate surface area is 216 Å². The molecule has 34 heavy (non-hydrogen) atoms. The molecule has 0 saturated carbocycles. The summed E-state index contributed by atoms with van der Waals surface area (Å²) in [5.74, 6) is 0.272. The summed E-state index contributed by atoms with van der Waals surface area (Å²) in [6.45, 7) is 0.253. The first-order valence-electron chi connectivity index (χ1n) is 10.1. The van der Waals surface area contributed by atoms with Crippen molar-refractivity contribution in [1.29, 1.82) is 5.41 Å². The number of thiophene rings is 1. The smallest absolute Gasteiger partial charge is 0.251 e. The number of amides is 1. The van der Waals surface area contributed by atoms with Crippen LogP contribution in [0.25, 0.3) is 0 Å². The van der Waals surface area contributed by atoms with Crippen LogP contribution in [0.5, 0.6) is 11.5 Å². The Hall–Kier alpha value is -2.58. The van der Waals surface area contributed by atoms with E-state index in [2.05, 4.69) is 5.32 Å². The summed E-state index contributed by atoms with van der Waals surface area (Å²) in [6.07, 6.45) is 0.442. The summed E-state index contributed by atoms with van der Waals surface area (Å²) in [4.78, 5) is 25.3. The van der Waals surface area contributed by atoms with E-state index in [1.54, 1.807) is 42.5 Å². The highest BCUT2D eigenvalue weighted by Crippen LogP contribution is 2.29. The summed E-state index contributed by atoms with van der Waals surface area (Å²) in [7, 11) is 1.51. The molecule has 1 amide bonds. The minimum Gasteiger partial charge on any atom is -0.493 e. The molecular formula is C24H21Cl3N2O4S. The van der Waals surface area contributed by atoms with Crippen molar-refractivity contribution in [3.05, 3.63) is 78.9 Å². The number of methoxy groups -OCH3 is 1. The highest BCUT2D eigenvalue weighted by atomic mass is 35.5. The van der Waals surface area contributed by atoms with E-state index in [1.165, 1.54) is 7.11 Å². The number of carbonyl (C=O) groups excluding carboxylic acids is 2. The van der Waals surface area contributed by atoms with Crippen LogP contribution in [0.15, 0.2) is 48.5 Å². The van der Waals surface area contributed by atoms with Crippen LogP contribution in [0.3, 0.4) is 0 Å². The Morgan fingerprint density at radius 1 is 1.03 bits per heavy atom. The van der Waals surface area contributed by atoms with Gasteiger partial charge in [-0.15, -0.1) is 11.3 Å². The highest BCUT2D eigenvalue weighted by Gasteiger charge is 2.15. The monoisotopic (exact) mass is 538 g/mol. The van der Waals surface area contributed by atoms with Crippen LogP contribution in [-0.4, -0.2) is 37.7 Å². The average Bonchev–Trinajstić information content (AvgIpc) is 3.25. The molecule has 3 aromatic rings. The van der Waals surface area contributed by atoms with Crippen molar-refractivity contribution in [3.63, 3.8) is 0 Å². The van der Waals surface area contributed by atoms with E-state index >= 15 is 0 Å². The summed E-state index contributed by atoms with van der Waals surface area (Å²) < 4.78 is 11.7. The molecule has 0 saturated heterocycles. The third kappa shape index (κ3) is 7.21. The first-order valence-corrected chi connectivity index (χ1v) is 12.1. The molecule has 1 heterocycles. The number of hydrogen-bond acceptors (Lipinski definition) is 6. The van der Waals surface area contributed by atoms with E-state index in [1.807, 2.05) is 6.07 Å². The summed E-state index contributed by atoms with van der Waals surface area (Å²) in [5, 5.41) is 11.8. The number of ketones is 1. The molecule has 6 nitrogen and oxygen atoms in total. The molecule has 2 N–H and O–H groups in total. The normalized spacial score (nSPS) is 10.6. The highest BCUT2D eigenvalue weighted by molar-refractivity contribution is 7.18. The largest absolute Gasteiger partial charge is 0.493 e. The molecule has 178 valence electrons. The number of halogens is 3. The van der Waals surface area contributed by atoms with Gasteiger partial charge in [-0.05, 0) is 48.0 Å². The molecule has 0 fully saturated rings. The summed E-state index contributed by atoms with van der Waals surface area (Å²) in [5.41, 5.74) is 1.31. The molecule has 0 radical (unpaired) electrons. The molecule has 1 aromatic heterocycles. The Bertz CT molecular complexity index is 1210. The number of nitrogens with one attached hydrogen (secondary N) is 2. The van der Waals surface area contributed by atoms with Crippen LogP contribution in [0.2, 0.25) is 14.4 Å². The van der Waals surface area contributed by atoms with Gasteiger partial charge in [0, 0.05) is 27.7 Å². The Balaban J connectivity index is 1.56. The van der Waals surface area contributed by atoms with Crippen LogP contribution in [0, 0.1) is 5.41 Å². The van der Waals surface area contributed by atoms with Gasteiger partial charge in [-0.2, -0.15) is 0 Å². The second kappa shape index (κ2) is 12.2. The van der Waals surface area contributed by atoms with Crippen LogP contribution < -0.4 is 14.8 Å². The lowest BCUT2D eigenvalue weighted by Gasteiger charge is -2.13. The van der Waals surface area contributed by atoms with Crippen molar-refractivity contribution in [3.8, 4) is 11.5 Å². The fraction of sp³-hybridized carbons (Fsp3) is 0.208. The molecule has 2 aromatic carbocycles. The maximum absolute atomic E-state index is 12.6. The second-order valence-corrected chi connectivity index (χ2v) is 9.75. The van der Waals surface area contributed by atoms with Crippen molar-refractivity contribution < 1.29 is 19.1 Å². The van der Waals surface area contributed by atoms with Gasteiger partial charge in [0.2, 0.25) is 0 Å². The topological polar surface area (TPSA) is 88.5 Å². The van der Waals surface area contributed by atoms with Gasteiger partial charge in [0.1, 0.15) is 0 Å². The number of rotatable bonds is 11. The second-order valence-electron chi connectivity index (χ2n) is 7.19. The lowest BCUT2D eigenvalue weighted by atomic mass is 10.1. The molecule has 0 atom stereocenters. The van der Waals surface area contributed by atoms with Crippen LogP contribution in [0.1, 0.15) is 32.0 Å². The standard InChI is InChI=1S/C24H21Cl3N2O4S/c1-32-20-5-3-15(10-21(20)33-9-8-14-2-4-16(25)11-18(14)26)24(31)29-13-17(28)12-19(30)22-6-7-23(27)34-22/h2-7,10-11,28H,8-9,12-13H2,1H3,(H,29,31). The Kier molecular flexibility index (Phi) is 9.36. The minimum atomic E-state index is -0.399. The van der Waals surface area contributed by atoms with E-state index in [9.17, 15) is 9.59 Å². The molecule has 3 rings (SSSR count). The number of ether oxygens (including phenoxy) is 2. The number of Topliss-reactive ketones (excluding diaryl/α,β-unsaturated/α-hetero) is 1. The zero-order chi connectivity index (χ0) is 24.7. The molecule has 0 spiro atoms. The van der Waals surface area contributed by atoms with E-state index in [-0.39, 0.29) is 24.5 Å². The van der Waals surface area contributed by atoms with E-state index in [0.29, 0.717) is 49.3 Å². The molecule has 0 bridgehead atoms. The quantitative estimate of drug-likeness (QED) is 0.219. The summed E-state index contributed by atoms with van der Waals surface area (Å²) >= 11 is 19.1. The Morgan fingerprint density at radius 2 is 1.82 bits per heavy atom. The number of hydrogen-bond donors (Lipinski definition) is 2. The first-order chi connectivity index (χ1) is 16.3. The fourth-order valence-electron chi connectivity index (χ4n) is 3.02. The summed E-state index contributed by atoms with van der Waals surface area (Å²) in [6, 6.07) is 13.3. The fourth-order valence-corrected chi connectivity index (χ4v) is 4.51. The maximum atomic E-state index is 12.6. The van der Waals surface area contributed by atoms with Gasteiger partial charge in [-0.25, -0.2) is 0 Å². The molecule has 0 aliphatic heterocycles. The van der Waals surface area contributed by atoms with Gasteiger partial charge in [-0.1, -0.05) is 40.9 Å². The van der Waals surface area contributed by atoms with Gasteiger partial charge in [-0.3, -0.25) is 9.59 Å².